The fourth-order valence-electron chi connectivity index (χ4n) is 1.72. The smallest absolute Gasteiger partial charge is 0.240 e. The normalized spacial score (nSPS) is 19.8. The minimum absolute atomic E-state index is 0.00167. The highest BCUT2D eigenvalue weighted by Crippen LogP contribution is 2.30. The van der Waals surface area contributed by atoms with Crippen LogP contribution in [0.2, 0.25) is 0 Å². The van der Waals surface area contributed by atoms with Gasteiger partial charge in [0, 0.05) is 17.9 Å². The van der Waals surface area contributed by atoms with Gasteiger partial charge in [-0.2, -0.15) is 5.10 Å². The number of hydrogen-bond acceptors (Lipinski definition) is 3. The van der Waals surface area contributed by atoms with Gasteiger partial charge in [-0.05, 0) is 28.1 Å². The van der Waals surface area contributed by atoms with Crippen molar-refractivity contribution >= 4 is 27.5 Å². The van der Waals surface area contributed by atoms with E-state index in [-0.39, 0.29) is 34.0 Å². The molecule has 0 aromatic heterocycles. The van der Waals surface area contributed by atoms with Crippen LogP contribution in [0, 0.1) is 11.7 Å². The summed E-state index contributed by atoms with van der Waals surface area (Å²) in [6, 6.07) is 2.83. The van der Waals surface area contributed by atoms with Gasteiger partial charge in [0.25, 0.3) is 0 Å². The number of halogens is 2. The molecule has 1 amide bonds. The molecule has 1 atom stereocenters. The Hall–Kier alpha value is -1.43. The molecule has 17 heavy (non-hydrogen) atoms. The van der Waals surface area contributed by atoms with Crippen LogP contribution >= 0.6 is 15.9 Å². The van der Waals surface area contributed by atoms with Crippen molar-refractivity contribution in [3.05, 3.63) is 28.0 Å². The Kier molecular flexibility index (Phi) is 3.15. The molecule has 0 saturated carbocycles. The molecule has 1 unspecified atom stereocenters. The van der Waals surface area contributed by atoms with Crippen LogP contribution in [-0.2, 0) is 4.79 Å². The number of benzene rings is 1. The average Bonchev–Trinajstić information content (AvgIpc) is 2.28. The first-order chi connectivity index (χ1) is 8.00. The van der Waals surface area contributed by atoms with Gasteiger partial charge in [0.2, 0.25) is 5.91 Å². The average molecular weight is 301 g/mol. The van der Waals surface area contributed by atoms with Crippen molar-refractivity contribution in [1.29, 1.82) is 0 Å². The Labute approximate surface area is 106 Å². The van der Waals surface area contributed by atoms with Crippen LogP contribution in [0.25, 0.3) is 0 Å². The van der Waals surface area contributed by atoms with Crippen LogP contribution in [0.4, 0.5) is 4.39 Å². The van der Waals surface area contributed by atoms with E-state index >= 15 is 0 Å². The molecule has 0 aliphatic carbocycles. The zero-order chi connectivity index (χ0) is 12.6. The molecule has 0 bridgehead atoms. The first kappa shape index (κ1) is 12.0. The third-order valence-corrected chi connectivity index (χ3v) is 3.35. The minimum atomic E-state index is -0.577. The van der Waals surface area contributed by atoms with Crippen molar-refractivity contribution in [3.63, 3.8) is 0 Å². The predicted octanol–water partition coefficient (Wildman–Crippen LogP) is 2.15. The highest BCUT2D eigenvalue weighted by molar-refractivity contribution is 9.10. The molecule has 4 nitrogen and oxygen atoms in total. The van der Waals surface area contributed by atoms with E-state index in [2.05, 4.69) is 26.5 Å². The Balaban J connectivity index is 2.48. The number of phenolic OH excluding ortho intramolecular Hbond substituents is 1. The van der Waals surface area contributed by atoms with Gasteiger partial charge in [-0.1, -0.05) is 6.92 Å². The van der Waals surface area contributed by atoms with Crippen LogP contribution in [0.5, 0.6) is 5.75 Å². The van der Waals surface area contributed by atoms with Crippen LogP contribution < -0.4 is 5.43 Å². The molecule has 1 heterocycles. The number of nitrogens with zero attached hydrogens (tertiary/aromatic N) is 1. The molecule has 6 heteroatoms. The van der Waals surface area contributed by atoms with Gasteiger partial charge in [-0.15, -0.1) is 0 Å². The molecular formula is C11H10BrFN2O2. The third kappa shape index (κ3) is 2.17. The van der Waals surface area contributed by atoms with Gasteiger partial charge in [-0.25, -0.2) is 9.82 Å². The van der Waals surface area contributed by atoms with Gasteiger partial charge in [0.1, 0.15) is 11.6 Å². The molecule has 1 aromatic rings. The zero-order valence-corrected chi connectivity index (χ0v) is 10.6. The van der Waals surface area contributed by atoms with Crippen molar-refractivity contribution in [1.82, 2.24) is 5.43 Å². The maximum absolute atomic E-state index is 13.9. The molecule has 0 radical (unpaired) electrons. The van der Waals surface area contributed by atoms with E-state index in [1.807, 2.05) is 0 Å². The largest absolute Gasteiger partial charge is 0.507 e. The van der Waals surface area contributed by atoms with E-state index in [4.69, 9.17) is 0 Å². The van der Waals surface area contributed by atoms with E-state index in [1.165, 1.54) is 12.1 Å². The fraction of sp³-hybridized carbons (Fsp3) is 0.273. The highest BCUT2D eigenvalue weighted by Gasteiger charge is 2.25. The summed E-state index contributed by atoms with van der Waals surface area (Å²) in [6.07, 6.45) is 0.275. The van der Waals surface area contributed by atoms with Gasteiger partial charge in [-0.3, -0.25) is 4.79 Å². The summed E-state index contributed by atoms with van der Waals surface area (Å²) in [6.45, 7) is 1.80. The quantitative estimate of drug-likeness (QED) is 0.835. The van der Waals surface area contributed by atoms with Crippen molar-refractivity contribution in [2.75, 3.05) is 0 Å². The van der Waals surface area contributed by atoms with E-state index in [1.54, 1.807) is 6.92 Å². The van der Waals surface area contributed by atoms with Crippen LogP contribution in [-0.4, -0.2) is 16.7 Å². The Bertz CT molecular complexity index is 516. The maximum atomic E-state index is 13.9. The second-order valence-corrected chi connectivity index (χ2v) is 4.69. The second-order valence-electron chi connectivity index (χ2n) is 3.90. The van der Waals surface area contributed by atoms with E-state index in [0.717, 1.165) is 0 Å². The van der Waals surface area contributed by atoms with Crippen molar-refractivity contribution in [3.8, 4) is 5.75 Å². The first-order valence-electron chi connectivity index (χ1n) is 5.04. The van der Waals surface area contributed by atoms with Crippen molar-refractivity contribution in [2.45, 2.75) is 13.3 Å². The number of hydrazone groups is 1. The number of nitrogens with one attached hydrogen (secondary N) is 1. The fourth-order valence-corrected chi connectivity index (χ4v) is 2.06. The molecule has 1 aromatic carbocycles. The van der Waals surface area contributed by atoms with Crippen molar-refractivity contribution < 1.29 is 14.3 Å². The standard InChI is InChI=1S/C11H10BrFN2O2/c1-5-4-8(17)14-15-11(5)6-2-3-7(16)9(12)10(6)13/h2-3,5,16H,4H2,1H3,(H,14,17). The number of amides is 1. The van der Waals surface area contributed by atoms with Gasteiger partial charge in [0.05, 0.1) is 10.2 Å². The lowest BCUT2D eigenvalue weighted by Crippen LogP contribution is -2.32. The highest BCUT2D eigenvalue weighted by atomic mass is 79.9. The number of carbonyl (C=O) groups is 1. The topological polar surface area (TPSA) is 61.7 Å². The third-order valence-electron chi connectivity index (χ3n) is 2.60. The van der Waals surface area contributed by atoms with E-state index in [0.29, 0.717) is 5.71 Å². The molecule has 2 N–H and O–H groups in total. The molecule has 0 saturated heterocycles. The molecule has 1 aliphatic heterocycles. The summed E-state index contributed by atoms with van der Waals surface area (Å²) in [4.78, 5) is 11.1. The lowest BCUT2D eigenvalue weighted by atomic mass is 9.94. The number of phenols is 1. The zero-order valence-electron chi connectivity index (χ0n) is 9.00. The van der Waals surface area contributed by atoms with Crippen LogP contribution in [0.1, 0.15) is 18.9 Å². The van der Waals surface area contributed by atoms with Crippen LogP contribution in [0.15, 0.2) is 21.7 Å². The molecule has 0 fully saturated rings. The van der Waals surface area contributed by atoms with Crippen LogP contribution in [0.3, 0.4) is 0 Å². The minimum Gasteiger partial charge on any atom is -0.507 e. The summed E-state index contributed by atoms with van der Waals surface area (Å²) < 4.78 is 13.9. The van der Waals surface area contributed by atoms with Crippen molar-refractivity contribution in [2.24, 2.45) is 11.0 Å². The maximum Gasteiger partial charge on any atom is 0.240 e. The number of rotatable bonds is 1. The summed E-state index contributed by atoms with van der Waals surface area (Å²) in [7, 11) is 0. The van der Waals surface area contributed by atoms with Gasteiger partial charge < -0.3 is 5.11 Å². The first-order valence-corrected chi connectivity index (χ1v) is 5.83. The van der Waals surface area contributed by atoms with Gasteiger partial charge >= 0.3 is 0 Å². The Morgan fingerprint density at radius 3 is 2.94 bits per heavy atom. The summed E-state index contributed by atoms with van der Waals surface area (Å²) in [5.74, 6) is -1.08. The van der Waals surface area contributed by atoms with E-state index in [9.17, 15) is 14.3 Å². The summed E-state index contributed by atoms with van der Waals surface area (Å²) in [5.41, 5.74) is 3.08. The van der Waals surface area contributed by atoms with E-state index < -0.39 is 5.82 Å². The molecule has 90 valence electrons. The Morgan fingerprint density at radius 1 is 1.59 bits per heavy atom. The summed E-state index contributed by atoms with van der Waals surface area (Å²) >= 11 is 2.96. The Morgan fingerprint density at radius 2 is 2.29 bits per heavy atom. The molecule has 2 rings (SSSR count). The molecule has 1 aliphatic rings. The molecule has 0 spiro atoms. The monoisotopic (exact) mass is 300 g/mol. The number of aromatic hydroxyl groups is 1. The number of hydrogen-bond donors (Lipinski definition) is 2. The SMILES string of the molecule is CC1CC(=O)NN=C1c1ccc(O)c(Br)c1F. The lowest BCUT2D eigenvalue weighted by molar-refractivity contribution is -0.121. The predicted molar refractivity (Wildman–Crippen MR) is 64.2 cm³/mol. The second kappa shape index (κ2) is 4.44. The number of carbonyl (C=O) groups excluding carboxylic acids is 1. The van der Waals surface area contributed by atoms with Gasteiger partial charge in [0.15, 0.2) is 0 Å². The lowest BCUT2D eigenvalue weighted by Gasteiger charge is -2.19. The summed E-state index contributed by atoms with van der Waals surface area (Å²) in [5, 5.41) is 13.2. The molecular weight excluding hydrogens is 291 g/mol.